The van der Waals surface area contributed by atoms with Crippen molar-refractivity contribution in [3.05, 3.63) is 29.6 Å². The third kappa shape index (κ3) is 1.17. The minimum atomic E-state index is -0.0132. The van der Waals surface area contributed by atoms with Crippen molar-refractivity contribution in [2.75, 3.05) is 6.61 Å². The van der Waals surface area contributed by atoms with Crippen molar-refractivity contribution >= 4 is 0 Å². The van der Waals surface area contributed by atoms with Crippen LogP contribution < -0.4 is 0 Å². The maximum Gasteiger partial charge on any atom is 0.0533 e. The lowest BCUT2D eigenvalue weighted by atomic mass is 9.89. The Morgan fingerprint density at radius 3 is 2.57 bits per heavy atom. The number of pyridine rings is 1. The van der Waals surface area contributed by atoms with Gasteiger partial charge in [0.2, 0.25) is 0 Å². The van der Waals surface area contributed by atoms with E-state index in [1.165, 1.54) is 5.56 Å². The van der Waals surface area contributed by atoms with Gasteiger partial charge in [0.05, 0.1) is 6.61 Å². The largest absolute Gasteiger partial charge is 0.395 e. The van der Waals surface area contributed by atoms with Gasteiger partial charge in [-0.25, -0.2) is 0 Å². The summed E-state index contributed by atoms with van der Waals surface area (Å²) < 4.78 is 0. The summed E-state index contributed by atoms with van der Waals surface area (Å²) in [6.07, 6.45) is 2.90. The quantitative estimate of drug-likeness (QED) is 0.776. The molecule has 0 aromatic carbocycles. The molecule has 0 aliphatic heterocycles. The Hall–Kier alpha value is -0.890. The van der Waals surface area contributed by atoms with Crippen LogP contribution in [0.5, 0.6) is 0 Å². The molecule has 1 heterocycles. The van der Waals surface area contributed by atoms with Gasteiger partial charge in [-0.2, -0.15) is 0 Å². The Morgan fingerprint density at radius 2 is 2.14 bits per heavy atom. The number of aromatic nitrogens is 1. The van der Waals surface area contributed by atoms with E-state index in [1.807, 2.05) is 19.2 Å². The molecular weight excluding hydrogens is 174 g/mol. The maximum absolute atomic E-state index is 9.52. The van der Waals surface area contributed by atoms with E-state index in [2.05, 4.69) is 24.9 Å². The van der Waals surface area contributed by atoms with Crippen LogP contribution in [0.3, 0.4) is 0 Å². The first-order valence-corrected chi connectivity index (χ1v) is 5.06. The van der Waals surface area contributed by atoms with Gasteiger partial charge in [-0.3, -0.25) is 4.98 Å². The van der Waals surface area contributed by atoms with Gasteiger partial charge >= 0.3 is 0 Å². The molecule has 1 aromatic rings. The molecule has 0 bridgehead atoms. The molecular formula is C12H17NO. The third-order valence-electron chi connectivity index (χ3n) is 3.63. The molecule has 14 heavy (non-hydrogen) atoms. The average Bonchev–Trinajstić information content (AvgIpc) is 2.70. The smallest absolute Gasteiger partial charge is 0.0533 e. The number of hydrogen-bond donors (Lipinski definition) is 1. The maximum atomic E-state index is 9.52. The molecule has 1 aromatic heterocycles. The van der Waals surface area contributed by atoms with Crippen LogP contribution in [-0.2, 0) is 5.41 Å². The number of aryl methyl sites for hydroxylation is 1. The van der Waals surface area contributed by atoms with Crippen LogP contribution in [0.15, 0.2) is 18.3 Å². The third-order valence-corrected chi connectivity index (χ3v) is 3.63. The first kappa shape index (κ1) is 9.66. The van der Waals surface area contributed by atoms with Crippen LogP contribution in [0, 0.1) is 12.3 Å². The summed E-state index contributed by atoms with van der Waals surface area (Å²) in [7, 11) is 0. The van der Waals surface area contributed by atoms with E-state index in [1.54, 1.807) is 0 Å². The Labute approximate surface area is 85.0 Å². The fourth-order valence-corrected chi connectivity index (χ4v) is 2.41. The normalized spacial score (nSPS) is 28.9. The number of hydrogen-bond acceptors (Lipinski definition) is 2. The average molecular weight is 191 g/mol. The summed E-state index contributed by atoms with van der Waals surface area (Å²) in [6.45, 7) is 6.64. The molecule has 0 amide bonds. The monoisotopic (exact) mass is 191 g/mol. The predicted octanol–water partition coefficient (Wildman–Crippen LogP) is 2.05. The Kier molecular flexibility index (Phi) is 1.93. The van der Waals surface area contributed by atoms with Crippen LogP contribution in [-0.4, -0.2) is 16.7 Å². The van der Waals surface area contributed by atoms with Gasteiger partial charge in [0.15, 0.2) is 0 Å². The van der Waals surface area contributed by atoms with Crippen LogP contribution >= 0.6 is 0 Å². The van der Waals surface area contributed by atoms with E-state index < -0.39 is 0 Å². The summed E-state index contributed by atoms with van der Waals surface area (Å²) in [5.41, 5.74) is 2.48. The highest BCUT2D eigenvalue weighted by atomic mass is 16.3. The predicted molar refractivity (Wildman–Crippen MR) is 56.1 cm³/mol. The molecule has 2 nitrogen and oxygen atoms in total. The van der Waals surface area contributed by atoms with Crippen molar-refractivity contribution in [2.24, 2.45) is 5.41 Å². The molecule has 1 aliphatic carbocycles. The van der Waals surface area contributed by atoms with Crippen LogP contribution in [0.25, 0.3) is 0 Å². The van der Waals surface area contributed by atoms with E-state index >= 15 is 0 Å². The molecule has 76 valence electrons. The fourth-order valence-electron chi connectivity index (χ4n) is 2.41. The van der Waals surface area contributed by atoms with Crippen LogP contribution in [0.2, 0.25) is 0 Å². The highest BCUT2D eigenvalue weighted by molar-refractivity contribution is 5.37. The zero-order valence-corrected chi connectivity index (χ0v) is 9.04. The van der Waals surface area contributed by atoms with Crippen LogP contribution in [0.4, 0.5) is 0 Å². The van der Waals surface area contributed by atoms with Gasteiger partial charge < -0.3 is 5.11 Å². The summed E-state index contributed by atoms with van der Waals surface area (Å²) in [6, 6.07) is 4.11. The lowest BCUT2D eigenvalue weighted by Crippen LogP contribution is -2.19. The summed E-state index contributed by atoms with van der Waals surface area (Å²) in [5.74, 6) is 0. The Balaban J connectivity index is 2.40. The second-order valence-electron chi connectivity index (χ2n) is 4.99. The first-order valence-electron chi connectivity index (χ1n) is 5.06. The lowest BCUT2D eigenvalue weighted by molar-refractivity contribution is 0.231. The van der Waals surface area contributed by atoms with Gasteiger partial charge in [-0.05, 0) is 36.5 Å². The van der Waals surface area contributed by atoms with E-state index in [0.717, 1.165) is 12.1 Å². The van der Waals surface area contributed by atoms with Crippen molar-refractivity contribution in [1.82, 2.24) is 4.98 Å². The van der Waals surface area contributed by atoms with Crippen molar-refractivity contribution < 1.29 is 5.11 Å². The van der Waals surface area contributed by atoms with Gasteiger partial charge in [0, 0.05) is 17.3 Å². The Morgan fingerprint density at radius 1 is 1.50 bits per heavy atom. The standard InChI is InChI=1S/C12H17NO/c1-9-6-10(4-5-13-9)12(8-14)7-11(12,2)3/h4-6,14H,7-8H2,1-3H3. The zero-order valence-electron chi connectivity index (χ0n) is 9.04. The molecule has 1 aliphatic rings. The van der Waals surface area contributed by atoms with Gasteiger partial charge in [0.1, 0.15) is 0 Å². The molecule has 1 unspecified atom stereocenters. The van der Waals surface area contributed by atoms with Crippen molar-refractivity contribution in [1.29, 1.82) is 0 Å². The molecule has 2 rings (SSSR count). The summed E-state index contributed by atoms with van der Waals surface area (Å²) >= 11 is 0. The highest BCUT2D eigenvalue weighted by Gasteiger charge is 2.61. The van der Waals surface area contributed by atoms with E-state index in [0.29, 0.717) is 0 Å². The molecule has 1 saturated carbocycles. The molecule has 0 saturated heterocycles. The number of nitrogens with zero attached hydrogens (tertiary/aromatic N) is 1. The molecule has 0 spiro atoms. The molecule has 2 heteroatoms. The minimum Gasteiger partial charge on any atom is -0.395 e. The van der Waals surface area contributed by atoms with Gasteiger partial charge in [-0.15, -0.1) is 0 Å². The second kappa shape index (κ2) is 2.80. The van der Waals surface area contributed by atoms with Crippen molar-refractivity contribution in [3.8, 4) is 0 Å². The topological polar surface area (TPSA) is 33.1 Å². The molecule has 1 N–H and O–H groups in total. The SMILES string of the molecule is Cc1cc(C2(CO)CC2(C)C)ccn1. The van der Waals surface area contributed by atoms with Gasteiger partial charge in [0.25, 0.3) is 0 Å². The fraction of sp³-hybridized carbons (Fsp3) is 0.583. The number of aliphatic hydroxyl groups excluding tert-OH is 1. The minimum absolute atomic E-state index is 0.0132. The zero-order chi connectivity index (χ0) is 10.4. The first-order chi connectivity index (χ1) is 6.52. The van der Waals surface area contributed by atoms with Gasteiger partial charge in [-0.1, -0.05) is 13.8 Å². The molecule has 0 radical (unpaired) electrons. The highest BCUT2D eigenvalue weighted by Crippen LogP contribution is 2.63. The number of rotatable bonds is 2. The van der Waals surface area contributed by atoms with Crippen molar-refractivity contribution in [2.45, 2.75) is 32.6 Å². The van der Waals surface area contributed by atoms with E-state index in [-0.39, 0.29) is 17.4 Å². The lowest BCUT2D eigenvalue weighted by Gasteiger charge is -2.18. The van der Waals surface area contributed by atoms with Crippen molar-refractivity contribution in [3.63, 3.8) is 0 Å². The van der Waals surface area contributed by atoms with E-state index in [9.17, 15) is 5.11 Å². The van der Waals surface area contributed by atoms with Crippen LogP contribution in [0.1, 0.15) is 31.5 Å². The summed E-state index contributed by atoms with van der Waals surface area (Å²) in [5, 5.41) is 9.52. The number of aliphatic hydroxyl groups is 1. The van der Waals surface area contributed by atoms with E-state index in [4.69, 9.17) is 0 Å². The molecule has 1 atom stereocenters. The molecule has 1 fully saturated rings. The Bertz CT molecular complexity index is 359. The second-order valence-corrected chi connectivity index (χ2v) is 4.99. The summed E-state index contributed by atoms with van der Waals surface area (Å²) in [4.78, 5) is 4.18.